The van der Waals surface area contributed by atoms with Gasteiger partial charge in [-0.25, -0.2) is 0 Å². The summed E-state index contributed by atoms with van der Waals surface area (Å²) in [6.07, 6.45) is 3.69. The Morgan fingerprint density at radius 1 is 1.40 bits per heavy atom. The molecule has 88 valence electrons. The molecule has 0 aromatic carbocycles. The van der Waals surface area contributed by atoms with Gasteiger partial charge in [-0.05, 0) is 51.9 Å². The molecule has 3 heteroatoms. The van der Waals surface area contributed by atoms with Gasteiger partial charge in [0.2, 0.25) is 0 Å². The van der Waals surface area contributed by atoms with Crippen LogP contribution in [0.2, 0.25) is 0 Å². The molecule has 1 rings (SSSR count). The summed E-state index contributed by atoms with van der Waals surface area (Å²) in [5.41, 5.74) is -1.58. The number of rotatable bonds is 3. The van der Waals surface area contributed by atoms with Crippen LogP contribution in [0.4, 0.5) is 0 Å². The number of carboxylic acids is 1. The highest BCUT2D eigenvalue weighted by Crippen LogP contribution is 2.44. The van der Waals surface area contributed by atoms with E-state index in [9.17, 15) is 15.0 Å². The summed E-state index contributed by atoms with van der Waals surface area (Å²) in [5.74, 6) is -0.115. The Kier molecular flexibility index (Phi) is 3.44. The molecule has 0 aromatic rings. The topological polar surface area (TPSA) is 57.5 Å². The van der Waals surface area contributed by atoms with Crippen LogP contribution in [-0.4, -0.2) is 21.8 Å². The number of aliphatic hydroxyl groups is 1. The molecule has 3 nitrogen and oxygen atoms in total. The number of carboxylic acid groups (broad SMARTS) is 1. The summed E-state index contributed by atoms with van der Waals surface area (Å²) >= 11 is 0. The Morgan fingerprint density at radius 2 is 1.87 bits per heavy atom. The molecule has 0 saturated heterocycles. The molecule has 0 heterocycles. The highest BCUT2D eigenvalue weighted by atomic mass is 16.4. The molecular formula is C12H22O3. The summed E-state index contributed by atoms with van der Waals surface area (Å²) in [6, 6.07) is 0. The zero-order valence-electron chi connectivity index (χ0n) is 9.92. The third kappa shape index (κ3) is 3.20. The molecule has 0 amide bonds. The zero-order valence-corrected chi connectivity index (χ0v) is 9.92. The van der Waals surface area contributed by atoms with Crippen LogP contribution in [0.15, 0.2) is 0 Å². The van der Waals surface area contributed by atoms with Gasteiger partial charge in [-0.3, -0.25) is 4.79 Å². The lowest BCUT2D eigenvalue weighted by Crippen LogP contribution is -2.41. The van der Waals surface area contributed by atoms with E-state index >= 15 is 0 Å². The summed E-state index contributed by atoms with van der Waals surface area (Å²) in [5, 5.41) is 19.1. The number of aliphatic carboxylic acids is 1. The lowest BCUT2D eigenvalue weighted by atomic mass is 9.66. The minimum absolute atomic E-state index is 0.363. The summed E-state index contributed by atoms with van der Waals surface area (Å²) < 4.78 is 0. The fourth-order valence-electron chi connectivity index (χ4n) is 2.61. The predicted octanol–water partition coefficient (Wildman–Crippen LogP) is 2.43. The van der Waals surface area contributed by atoms with Crippen molar-refractivity contribution < 1.29 is 15.0 Å². The molecular weight excluding hydrogens is 192 g/mol. The normalized spacial score (nSPS) is 32.7. The maximum atomic E-state index is 11.3. The highest BCUT2D eigenvalue weighted by Gasteiger charge is 2.44. The fourth-order valence-corrected chi connectivity index (χ4v) is 2.61. The van der Waals surface area contributed by atoms with Crippen LogP contribution < -0.4 is 0 Å². The van der Waals surface area contributed by atoms with Crippen molar-refractivity contribution >= 4 is 5.97 Å². The maximum Gasteiger partial charge on any atom is 0.309 e. The average Bonchev–Trinajstić information content (AvgIpc) is 2.06. The minimum Gasteiger partial charge on any atom is -0.481 e. The average molecular weight is 214 g/mol. The second-order valence-corrected chi connectivity index (χ2v) is 5.76. The molecule has 1 aliphatic carbocycles. The molecule has 1 saturated carbocycles. The van der Waals surface area contributed by atoms with E-state index in [0.29, 0.717) is 25.2 Å². The Bertz CT molecular complexity index is 232. The second-order valence-electron chi connectivity index (χ2n) is 5.76. The van der Waals surface area contributed by atoms with E-state index in [0.717, 1.165) is 12.8 Å². The standard InChI is InChI=1S/C12H22O3/c1-9-4-6-12(7-5-9,10(13)14)8-11(2,3)15/h9,15H,4-8H2,1-3H3,(H,13,14). The number of hydrogen-bond donors (Lipinski definition) is 2. The van der Waals surface area contributed by atoms with Gasteiger partial charge in [-0.2, -0.15) is 0 Å². The van der Waals surface area contributed by atoms with Crippen molar-refractivity contribution in [1.82, 2.24) is 0 Å². The van der Waals surface area contributed by atoms with Crippen LogP contribution in [0.25, 0.3) is 0 Å². The number of carbonyl (C=O) groups is 1. The zero-order chi connectivity index (χ0) is 11.7. The van der Waals surface area contributed by atoms with E-state index in [2.05, 4.69) is 6.92 Å². The molecule has 0 unspecified atom stereocenters. The smallest absolute Gasteiger partial charge is 0.309 e. The summed E-state index contributed by atoms with van der Waals surface area (Å²) in [6.45, 7) is 5.54. The Morgan fingerprint density at radius 3 is 2.20 bits per heavy atom. The quantitative estimate of drug-likeness (QED) is 0.758. The first kappa shape index (κ1) is 12.5. The van der Waals surface area contributed by atoms with Crippen LogP contribution in [-0.2, 0) is 4.79 Å². The van der Waals surface area contributed by atoms with E-state index in [4.69, 9.17) is 0 Å². The Labute approximate surface area is 91.5 Å². The van der Waals surface area contributed by atoms with Crippen molar-refractivity contribution in [2.75, 3.05) is 0 Å². The van der Waals surface area contributed by atoms with Gasteiger partial charge in [0.1, 0.15) is 0 Å². The first-order valence-electron chi connectivity index (χ1n) is 5.71. The van der Waals surface area contributed by atoms with Crippen molar-refractivity contribution in [2.24, 2.45) is 11.3 Å². The molecule has 15 heavy (non-hydrogen) atoms. The third-order valence-corrected chi connectivity index (χ3v) is 3.46. The molecule has 2 N–H and O–H groups in total. The van der Waals surface area contributed by atoms with Crippen molar-refractivity contribution in [3.63, 3.8) is 0 Å². The van der Waals surface area contributed by atoms with E-state index in [-0.39, 0.29) is 0 Å². The van der Waals surface area contributed by atoms with Crippen LogP contribution in [0, 0.1) is 11.3 Å². The van der Waals surface area contributed by atoms with Crippen molar-refractivity contribution in [2.45, 2.75) is 58.5 Å². The van der Waals surface area contributed by atoms with Gasteiger partial charge < -0.3 is 10.2 Å². The van der Waals surface area contributed by atoms with Gasteiger partial charge in [0.15, 0.2) is 0 Å². The molecule has 1 fully saturated rings. The van der Waals surface area contributed by atoms with Crippen LogP contribution in [0.1, 0.15) is 52.9 Å². The summed E-state index contributed by atoms with van der Waals surface area (Å²) in [7, 11) is 0. The van der Waals surface area contributed by atoms with Crippen LogP contribution in [0.5, 0.6) is 0 Å². The molecule has 0 aliphatic heterocycles. The van der Waals surface area contributed by atoms with Gasteiger partial charge in [-0.1, -0.05) is 6.92 Å². The van der Waals surface area contributed by atoms with Gasteiger partial charge >= 0.3 is 5.97 Å². The molecule has 0 spiro atoms. The largest absolute Gasteiger partial charge is 0.481 e. The Balaban J connectivity index is 2.76. The lowest BCUT2D eigenvalue weighted by Gasteiger charge is -2.39. The van der Waals surface area contributed by atoms with E-state index in [1.165, 1.54) is 0 Å². The molecule has 0 bridgehead atoms. The van der Waals surface area contributed by atoms with E-state index in [1.54, 1.807) is 13.8 Å². The minimum atomic E-state index is -0.890. The van der Waals surface area contributed by atoms with Crippen molar-refractivity contribution in [3.8, 4) is 0 Å². The Hall–Kier alpha value is -0.570. The highest BCUT2D eigenvalue weighted by molar-refractivity contribution is 5.74. The van der Waals surface area contributed by atoms with Gasteiger partial charge in [-0.15, -0.1) is 0 Å². The lowest BCUT2D eigenvalue weighted by molar-refractivity contribution is -0.156. The van der Waals surface area contributed by atoms with Crippen molar-refractivity contribution in [3.05, 3.63) is 0 Å². The van der Waals surface area contributed by atoms with Gasteiger partial charge in [0.25, 0.3) is 0 Å². The summed E-state index contributed by atoms with van der Waals surface area (Å²) in [4.78, 5) is 11.3. The second kappa shape index (κ2) is 4.12. The molecule has 0 atom stereocenters. The monoisotopic (exact) mass is 214 g/mol. The molecule has 0 aromatic heterocycles. The molecule has 1 aliphatic rings. The van der Waals surface area contributed by atoms with Gasteiger partial charge in [0, 0.05) is 0 Å². The van der Waals surface area contributed by atoms with Gasteiger partial charge in [0.05, 0.1) is 11.0 Å². The predicted molar refractivity (Wildman–Crippen MR) is 58.6 cm³/mol. The fraction of sp³-hybridized carbons (Fsp3) is 0.917. The van der Waals surface area contributed by atoms with Crippen molar-refractivity contribution in [1.29, 1.82) is 0 Å². The third-order valence-electron chi connectivity index (χ3n) is 3.46. The SMILES string of the molecule is CC1CCC(CC(C)(C)O)(C(=O)O)CC1. The van der Waals surface area contributed by atoms with E-state index < -0.39 is 17.0 Å². The number of hydrogen-bond acceptors (Lipinski definition) is 2. The van der Waals surface area contributed by atoms with Crippen LogP contribution in [0.3, 0.4) is 0 Å². The van der Waals surface area contributed by atoms with E-state index in [1.807, 2.05) is 0 Å². The first-order valence-corrected chi connectivity index (χ1v) is 5.71. The molecule has 0 radical (unpaired) electrons. The first-order chi connectivity index (χ1) is 6.75. The van der Waals surface area contributed by atoms with Crippen LogP contribution >= 0.6 is 0 Å². The maximum absolute atomic E-state index is 11.3.